The Bertz CT molecular complexity index is 1270. The highest BCUT2D eigenvalue weighted by atomic mass is 32.1. The summed E-state index contributed by atoms with van der Waals surface area (Å²) in [6.45, 7) is 3.22. The van der Waals surface area contributed by atoms with Crippen LogP contribution in [0.1, 0.15) is 16.0 Å². The quantitative estimate of drug-likeness (QED) is 0.516. The van der Waals surface area contributed by atoms with E-state index in [1.165, 1.54) is 16.0 Å². The second-order valence-electron chi connectivity index (χ2n) is 7.20. The number of hydrogen-bond donors (Lipinski definition) is 1. The monoisotopic (exact) mass is 388 g/mol. The number of fused-ring (bicyclic) bond motifs is 5. The van der Waals surface area contributed by atoms with Gasteiger partial charge in [-0.3, -0.25) is 0 Å². The summed E-state index contributed by atoms with van der Waals surface area (Å²) < 4.78 is 7.24. The van der Waals surface area contributed by atoms with Gasteiger partial charge in [-0.1, -0.05) is 30.3 Å². The second-order valence-corrected chi connectivity index (χ2v) is 8.28. The van der Waals surface area contributed by atoms with Crippen LogP contribution >= 0.6 is 11.3 Å². The van der Waals surface area contributed by atoms with Gasteiger partial charge in [-0.25, -0.2) is 14.5 Å². The summed E-state index contributed by atoms with van der Waals surface area (Å²) in [5.41, 5.74) is 3.66. The topological polar surface area (TPSA) is 60.7 Å². The van der Waals surface area contributed by atoms with Gasteiger partial charge in [-0.05, 0) is 17.7 Å². The molecule has 1 atom stereocenters. The van der Waals surface area contributed by atoms with Crippen molar-refractivity contribution in [1.29, 1.82) is 0 Å². The molecule has 1 aliphatic heterocycles. The van der Waals surface area contributed by atoms with Crippen molar-refractivity contribution >= 4 is 27.2 Å². The van der Waals surface area contributed by atoms with Gasteiger partial charge in [-0.15, -0.1) is 16.4 Å². The predicted octanol–water partition coefficient (Wildman–Crippen LogP) is 2.74. The van der Waals surface area contributed by atoms with Gasteiger partial charge in [0, 0.05) is 12.0 Å². The number of rotatable bonds is 3. The molecule has 0 spiro atoms. The van der Waals surface area contributed by atoms with Crippen LogP contribution in [0.2, 0.25) is 0 Å². The van der Waals surface area contributed by atoms with E-state index in [1.807, 2.05) is 12.1 Å². The lowest BCUT2D eigenvalue weighted by Gasteiger charge is -2.24. The lowest BCUT2D eigenvalue weighted by molar-refractivity contribution is -0.929. The normalized spacial score (nSPS) is 16.6. The Kier molecular flexibility index (Phi) is 3.57. The Balaban J connectivity index is 1.40. The molecular formula is C21H18N5OS+. The summed E-state index contributed by atoms with van der Waals surface area (Å²) in [6, 6.07) is 14.5. The van der Waals surface area contributed by atoms with E-state index < -0.39 is 0 Å². The van der Waals surface area contributed by atoms with E-state index in [1.54, 1.807) is 33.3 Å². The molecule has 1 N–H and O–H groups in total. The molecular weight excluding hydrogens is 370 g/mol. The van der Waals surface area contributed by atoms with Crippen LogP contribution in [0.4, 0.5) is 0 Å². The van der Waals surface area contributed by atoms with Crippen molar-refractivity contribution in [3.63, 3.8) is 0 Å². The molecule has 1 aliphatic rings. The molecule has 1 unspecified atom stereocenters. The van der Waals surface area contributed by atoms with E-state index in [9.17, 15) is 0 Å². The largest absolute Gasteiger partial charge is 0.461 e. The van der Waals surface area contributed by atoms with E-state index in [-0.39, 0.29) is 0 Å². The highest BCUT2D eigenvalue weighted by Crippen LogP contribution is 2.34. The van der Waals surface area contributed by atoms with Crippen molar-refractivity contribution in [1.82, 2.24) is 19.6 Å². The Labute approximate surface area is 165 Å². The number of nitrogens with one attached hydrogen (secondary N) is 1. The van der Waals surface area contributed by atoms with E-state index >= 15 is 0 Å². The van der Waals surface area contributed by atoms with E-state index in [0.29, 0.717) is 11.6 Å². The molecule has 6 rings (SSSR count). The minimum absolute atomic E-state index is 0.603. The van der Waals surface area contributed by atoms with Gasteiger partial charge in [-0.2, -0.15) is 0 Å². The highest BCUT2D eigenvalue weighted by Gasteiger charge is 2.26. The molecule has 28 heavy (non-hydrogen) atoms. The molecule has 7 heteroatoms. The number of benzene rings is 1. The maximum atomic E-state index is 5.47. The maximum Gasteiger partial charge on any atom is 0.217 e. The Morgan fingerprint density at radius 1 is 1.14 bits per heavy atom. The van der Waals surface area contributed by atoms with Crippen LogP contribution in [0, 0.1) is 0 Å². The van der Waals surface area contributed by atoms with Crippen LogP contribution in [-0.2, 0) is 19.5 Å². The lowest BCUT2D eigenvalue weighted by Crippen LogP contribution is -3.10. The van der Waals surface area contributed by atoms with Crippen LogP contribution in [0.25, 0.3) is 27.4 Å². The minimum Gasteiger partial charge on any atom is -0.461 e. The van der Waals surface area contributed by atoms with Crippen LogP contribution in [0.15, 0.2) is 59.5 Å². The van der Waals surface area contributed by atoms with Crippen molar-refractivity contribution in [3.05, 3.63) is 71.1 Å². The number of aromatic nitrogens is 4. The standard InChI is InChI=1S/C21H17N5OS/c1-2-5-14(6-3-1)11-25-9-8-15-17(12-25)28-21-18(15)20-23-19(16-7-4-10-27-16)24-26(20)13-22-21/h1-7,10,13H,8-9,11-12H2/p+1. The molecule has 0 radical (unpaired) electrons. The van der Waals surface area contributed by atoms with Crippen LogP contribution in [0.3, 0.4) is 0 Å². The molecule has 0 aliphatic carbocycles. The molecule has 0 fully saturated rings. The number of thiophene rings is 1. The lowest BCUT2D eigenvalue weighted by atomic mass is 10.0. The molecule has 1 aromatic carbocycles. The van der Waals surface area contributed by atoms with Crippen molar-refractivity contribution in [2.24, 2.45) is 0 Å². The fourth-order valence-corrected chi connectivity index (χ4v) is 5.32. The van der Waals surface area contributed by atoms with E-state index in [0.717, 1.165) is 41.9 Å². The van der Waals surface area contributed by atoms with E-state index in [4.69, 9.17) is 9.40 Å². The smallest absolute Gasteiger partial charge is 0.217 e. The molecule has 5 heterocycles. The zero-order chi connectivity index (χ0) is 18.5. The summed E-state index contributed by atoms with van der Waals surface area (Å²) in [5.74, 6) is 1.28. The Morgan fingerprint density at radius 2 is 2.07 bits per heavy atom. The third kappa shape index (κ3) is 2.55. The summed E-state index contributed by atoms with van der Waals surface area (Å²) >= 11 is 1.80. The molecule has 4 aromatic heterocycles. The Morgan fingerprint density at radius 3 is 2.93 bits per heavy atom. The zero-order valence-electron chi connectivity index (χ0n) is 15.1. The summed E-state index contributed by atoms with van der Waals surface area (Å²) in [6.07, 6.45) is 4.45. The number of nitrogens with zero attached hydrogens (tertiary/aromatic N) is 4. The summed E-state index contributed by atoms with van der Waals surface area (Å²) in [5, 5.41) is 5.71. The van der Waals surface area contributed by atoms with Crippen molar-refractivity contribution in [3.8, 4) is 11.6 Å². The van der Waals surface area contributed by atoms with Crippen molar-refractivity contribution in [2.45, 2.75) is 19.5 Å². The van der Waals surface area contributed by atoms with Crippen molar-refractivity contribution in [2.75, 3.05) is 6.54 Å². The first-order valence-electron chi connectivity index (χ1n) is 9.42. The van der Waals surface area contributed by atoms with E-state index in [2.05, 4.69) is 40.4 Å². The first kappa shape index (κ1) is 16.0. The number of hydrogen-bond acceptors (Lipinski definition) is 5. The molecule has 0 amide bonds. The second kappa shape index (κ2) is 6.25. The van der Waals surface area contributed by atoms with Gasteiger partial charge in [0.25, 0.3) is 0 Å². The van der Waals surface area contributed by atoms with Crippen LogP contribution in [-0.4, -0.2) is 26.1 Å². The van der Waals surface area contributed by atoms with Gasteiger partial charge < -0.3 is 9.32 Å². The van der Waals surface area contributed by atoms with Gasteiger partial charge in [0.15, 0.2) is 11.4 Å². The molecule has 6 nitrogen and oxygen atoms in total. The first-order chi connectivity index (χ1) is 13.8. The number of quaternary nitrogens is 1. The summed E-state index contributed by atoms with van der Waals surface area (Å²) in [4.78, 5) is 13.5. The molecule has 138 valence electrons. The first-order valence-corrected chi connectivity index (χ1v) is 10.2. The van der Waals surface area contributed by atoms with Crippen LogP contribution < -0.4 is 4.90 Å². The fraction of sp³-hybridized carbons (Fsp3) is 0.190. The maximum absolute atomic E-state index is 5.47. The fourth-order valence-electron chi connectivity index (χ4n) is 4.07. The average Bonchev–Trinajstić information content (AvgIpc) is 3.45. The Hall–Kier alpha value is -3.03. The summed E-state index contributed by atoms with van der Waals surface area (Å²) in [7, 11) is 0. The molecule has 0 saturated carbocycles. The number of furan rings is 1. The van der Waals surface area contributed by atoms with Gasteiger partial charge in [0.1, 0.15) is 24.2 Å². The predicted molar refractivity (Wildman–Crippen MR) is 107 cm³/mol. The minimum atomic E-state index is 0.603. The van der Waals surface area contributed by atoms with Crippen LogP contribution in [0.5, 0.6) is 0 Å². The van der Waals surface area contributed by atoms with Gasteiger partial charge in [0.2, 0.25) is 5.82 Å². The third-order valence-corrected chi connectivity index (χ3v) is 6.53. The van der Waals surface area contributed by atoms with Gasteiger partial charge >= 0.3 is 0 Å². The van der Waals surface area contributed by atoms with Gasteiger partial charge in [0.05, 0.1) is 23.1 Å². The molecule has 0 bridgehead atoms. The average molecular weight is 388 g/mol. The molecule has 0 saturated heterocycles. The zero-order valence-corrected chi connectivity index (χ0v) is 15.9. The third-order valence-electron chi connectivity index (χ3n) is 5.39. The van der Waals surface area contributed by atoms with Crippen molar-refractivity contribution < 1.29 is 9.32 Å². The SMILES string of the molecule is c1ccc(C[NH+]2CCc3c(sc4ncn5nc(-c6ccco6)nc5c34)C2)cc1. The molecule has 5 aromatic rings. The highest BCUT2D eigenvalue weighted by molar-refractivity contribution is 7.19.